The Kier molecular flexibility index (Phi) is 5.58. The molecule has 8 heteroatoms. The summed E-state index contributed by atoms with van der Waals surface area (Å²) < 4.78 is 11.5. The maximum absolute atomic E-state index is 5.87. The van der Waals surface area contributed by atoms with Gasteiger partial charge in [0.25, 0.3) is 0 Å². The molecule has 0 aliphatic rings. The Morgan fingerprint density at radius 1 is 1.29 bits per heavy atom. The van der Waals surface area contributed by atoms with Crippen LogP contribution in [0.4, 0.5) is 5.95 Å². The fourth-order valence-electron chi connectivity index (χ4n) is 1.48. The van der Waals surface area contributed by atoms with Crippen LogP contribution < -0.4 is 14.8 Å². The van der Waals surface area contributed by atoms with Gasteiger partial charge in [-0.05, 0) is 52.2 Å². The van der Waals surface area contributed by atoms with Gasteiger partial charge in [0.1, 0.15) is 11.5 Å². The summed E-state index contributed by atoms with van der Waals surface area (Å²) >= 11 is 9.27. The fourth-order valence-corrected chi connectivity index (χ4v) is 2.07. The Morgan fingerprint density at radius 3 is 2.76 bits per heavy atom. The highest BCUT2D eigenvalue weighted by molar-refractivity contribution is 9.10. The van der Waals surface area contributed by atoms with Gasteiger partial charge < -0.3 is 14.8 Å². The van der Waals surface area contributed by atoms with Crippen LogP contribution >= 0.6 is 27.5 Å². The molecule has 0 saturated carbocycles. The Hall–Kier alpha value is -1.60. The van der Waals surface area contributed by atoms with Crippen molar-refractivity contribution < 1.29 is 9.47 Å². The van der Waals surface area contributed by atoms with Crippen molar-refractivity contribution in [3.63, 3.8) is 0 Å². The molecule has 0 spiro atoms. The lowest BCUT2D eigenvalue weighted by molar-refractivity contribution is 0.409. The Balaban J connectivity index is 2.20. The predicted octanol–water partition coefficient (Wildman–Crippen LogP) is 3.91. The van der Waals surface area contributed by atoms with Crippen molar-refractivity contribution in [1.82, 2.24) is 15.0 Å². The second kappa shape index (κ2) is 7.42. The molecule has 112 valence electrons. The van der Waals surface area contributed by atoms with E-state index in [0.717, 1.165) is 17.4 Å². The molecule has 0 unspecified atom stereocenters. The second-order valence-corrected chi connectivity index (χ2v) is 5.23. The third-order valence-corrected chi connectivity index (χ3v) is 3.25. The minimum Gasteiger partial charge on any atom is -0.497 e. The first kappa shape index (κ1) is 15.8. The molecule has 0 saturated heterocycles. The minimum absolute atomic E-state index is 0.0724. The lowest BCUT2D eigenvalue weighted by Gasteiger charge is -2.09. The van der Waals surface area contributed by atoms with Crippen LogP contribution in [0.15, 0.2) is 22.7 Å². The first-order valence-corrected chi connectivity index (χ1v) is 7.46. The fraction of sp³-hybridized carbons (Fsp3) is 0.308. The van der Waals surface area contributed by atoms with Crippen molar-refractivity contribution >= 4 is 33.5 Å². The molecule has 2 rings (SSSR count). The lowest BCUT2D eigenvalue weighted by atomic mass is 10.3. The number of hydrogen-bond donors (Lipinski definition) is 1. The highest BCUT2D eigenvalue weighted by Crippen LogP contribution is 2.31. The van der Waals surface area contributed by atoms with Crippen LogP contribution in [-0.4, -0.2) is 28.6 Å². The van der Waals surface area contributed by atoms with E-state index in [9.17, 15) is 0 Å². The normalized spacial score (nSPS) is 10.3. The van der Waals surface area contributed by atoms with E-state index in [2.05, 4.69) is 36.2 Å². The van der Waals surface area contributed by atoms with Gasteiger partial charge in [0.05, 0.1) is 11.6 Å². The van der Waals surface area contributed by atoms with Crippen molar-refractivity contribution in [1.29, 1.82) is 0 Å². The number of anilines is 1. The molecule has 1 N–H and O–H groups in total. The first-order valence-electron chi connectivity index (χ1n) is 6.29. The third kappa shape index (κ3) is 4.44. The van der Waals surface area contributed by atoms with Crippen LogP contribution in [0, 0.1) is 0 Å². The number of hydrogen-bond acceptors (Lipinski definition) is 6. The number of nitrogens with one attached hydrogen (secondary N) is 1. The standard InChI is InChI=1S/C13H14BrClN4O2/c1-3-6-16-12-17-11(15)18-13(19-12)21-10-5-4-8(20-2)7-9(10)14/h4-5,7H,3,6H2,1-2H3,(H,16,17,18,19). The van der Waals surface area contributed by atoms with Gasteiger partial charge in [-0.25, -0.2) is 0 Å². The molecule has 6 nitrogen and oxygen atoms in total. The molecule has 0 fully saturated rings. The zero-order valence-corrected chi connectivity index (χ0v) is 13.9. The maximum atomic E-state index is 5.87. The molecule has 0 aliphatic heterocycles. The summed E-state index contributed by atoms with van der Waals surface area (Å²) in [4.78, 5) is 12.1. The van der Waals surface area contributed by atoms with Gasteiger partial charge in [0, 0.05) is 6.54 Å². The predicted molar refractivity (Wildman–Crippen MR) is 84.4 cm³/mol. The van der Waals surface area contributed by atoms with Crippen molar-refractivity contribution in [3.05, 3.63) is 28.0 Å². The topological polar surface area (TPSA) is 69.2 Å². The number of aromatic nitrogens is 3. The van der Waals surface area contributed by atoms with Crippen LogP contribution in [0.3, 0.4) is 0 Å². The van der Waals surface area contributed by atoms with Crippen LogP contribution in [0.25, 0.3) is 0 Å². The van der Waals surface area contributed by atoms with Gasteiger partial charge in [-0.1, -0.05) is 6.92 Å². The number of nitrogens with zero attached hydrogens (tertiary/aromatic N) is 3. The van der Waals surface area contributed by atoms with Gasteiger partial charge >= 0.3 is 6.01 Å². The van der Waals surface area contributed by atoms with Crippen molar-refractivity contribution in [2.75, 3.05) is 19.0 Å². The molecular weight excluding hydrogens is 360 g/mol. The number of rotatable bonds is 6. The molecule has 1 aromatic carbocycles. The largest absolute Gasteiger partial charge is 0.497 e. The summed E-state index contributed by atoms with van der Waals surface area (Å²) in [5, 5.41) is 3.11. The quantitative estimate of drug-likeness (QED) is 0.828. The van der Waals surface area contributed by atoms with Crippen molar-refractivity contribution in [2.24, 2.45) is 0 Å². The lowest BCUT2D eigenvalue weighted by Crippen LogP contribution is -2.06. The Labute approximate surface area is 136 Å². The zero-order valence-electron chi connectivity index (χ0n) is 11.6. The van der Waals surface area contributed by atoms with E-state index in [1.807, 2.05) is 6.92 Å². The van der Waals surface area contributed by atoms with Gasteiger partial charge in [0.2, 0.25) is 11.2 Å². The van der Waals surface area contributed by atoms with E-state index in [1.54, 1.807) is 25.3 Å². The van der Waals surface area contributed by atoms with E-state index in [-0.39, 0.29) is 11.3 Å². The van der Waals surface area contributed by atoms with E-state index in [0.29, 0.717) is 17.4 Å². The Morgan fingerprint density at radius 2 is 2.10 bits per heavy atom. The molecule has 21 heavy (non-hydrogen) atoms. The molecule has 0 bridgehead atoms. The average molecular weight is 374 g/mol. The van der Waals surface area contributed by atoms with Gasteiger partial charge in [-0.2, -0.15) is 15.0 Å². The summed E-state index contributed by atoms with van der Waals surface area (Å²) in [6.07, 6.45) is 0.948. The van der Waals surface area contributed by atoms with Gasteiger partial charge in [-0.3, -0.25) is 0 Å². The minimum atomic E-state index is 0.0724. The molecular formula is C13H14BrClN4O2. The maximum Gasteiger partial charge on any atom is 0.328 e. The molecule has 2 aromatic rings. The third-order valence-electron chi connectivity index (χ3n) is 2.46. The highest BCUT2D eigenvalue weighted by Gasteiger charge is 2.10. The summed E-state index contributed by atoms with van der Waals surface area (Å²) in [7, 11) is 1.60. The van der Waals surface area contributed by atoms with E-state index >= 15 is 0 Å². The van der Waals surface area contributed by atoms with Crippen LogP contribution in [-0.2, 0) is 0 Å². The SMILES string of the molecule is CCCNc1nc(Cl)nc(Oc2ccc(OC)cc2Br)n1. The molecule has 0 radical (unpaired) electrons. The average Bonchev–Trinajstić information content (AvgIpc) is 2.46. The molecule has 1 heterocycles. The number of ether oxygens (including phenoxy) is 2. The Bertz CT molecular complexity index is 627. The first-order chi connectivity index (χ1) is 10.1. The highest BCUT2D eigenvalue weighted by atomic mass is 79.9. The van der Waals surface area contributed by atoms with E-state index in [1.165, 1.54) is 0 Å². The number of benzene rings is 1. The summed E-state index contributed by atoms with van der Waals surface area (Å²) in [5.41, 5.74) is 0. The van der Waals surface area contributed by atoms with Gasteiger partial charge in [-0.15, -0.1) is 0 Å². The molecule has 0 amide bonds. The van der Waals surface area contributed by atoms with E-state index < -0.39 is 0 Å². The van der Waals surface area contributed by atoms with Crippen molar-refractivity contribution in [3.8, 4) is 17.5 Å². The summed E-state index contributed by atoms with van der Waals surface area (Å²) in [6, 6.07) is 5.44. The van der Waals surface area contributed by atoms with Crippen LogP contribution in [0.5, 0.6) is 17.5 Å². The van der Waals surface area contributed by atoms with Crippen LogP contribution in [0.1, 0.15) is 13.3 Å². The monoisotopic (exact) mass is 372 g/mol. The molecule has 1 aromatic heterocycles. The van der Waals surface area contributed by atoms with Crippen molar-refractivity contribution in [2.45, 2.75) is 13.3 Å². The smallest absolute Gasteiger partial charge is 0.328 e. The second-order valence-electron chi connectivity index (χ2n) is 4.04. The molecule has 0 atom stereocenters. The number of methoxy groups -OCH3 is 1. The molecule has 0 aliphatic carbocycles. The summed E-state index contributed by atoms with van der Waals surface area (Å²) in [6.45, 7) is 2.79. The van der Waals surface area contributed by atoms with Gasteiger partial charge in [0.15, 0.2) is 0 Å². The van der Waals surface area contributed by atoms with Crippen LogP contribution in [0.2, 0.25) is 5.28 Å². The number of halogens is 2. The van der Waals surface area contributed by atoms with E-state index in [4.69, 9.17) is 21.1 Å². The summed E-state index contributed by atoms with van der Waals surface area (Å²) in [5.74, 6) is 1.66. The zero-order chi connectivity index (χ0) is 15.2.